The van der Waals surface area contributed by atoms with Gasteiger partial charge in [0.1, 0.15) is 54.4 Å². The van der Waals surface area contributed by atoms with Crippen LogP contribution in [0.25, 0.3) is 0 Å². The van der Waals surface area contributed by atoms with E-state index in [1.54, 1.807) is 44.2 Å². The predicted octanol–water partition coefficient (Wildman–Crippen LogP) is -3.55. The lowest BCUT2D eigenvalue weighted by Gasteiger charge is -2.32. The van der Waals surface area contributed by atoms with Crippen LogP contribution in [0.1, 0.15) is 89.2 Å². The summed E-state index contributed by atoms with van der Waals surface area (Å²) in [5, 5.41) is 53.0. The topological polar surface area (TPSA) is 486 Å². The van der Waals surface area contributed by atoms with Gasteiger partial charge in [0.25, 0.3) is 0 Å². The van der Waals surface area contributed by atoms with E-state index in [-0.39, 0.29) is 68.8 Å². The zero-order valence-electron chi connectivity index (χ0n) is 45.0. The number of nitrogens with two attached hydrogens (primary N) is 2. The van der Waals surface area contributed by atoms with Crippen molar-refractivity contribution >= 4 is 79.2 Å². The number of primary amides is 1. The van der Waals surface area contributed by atoms with Crippen molar-refractivity contribution in [1.82, 2.24) is 41.7 Å². The SMILES string of the molecule is CC(C)C[C@H](NC(=O)[C@H](CCC(=O)O)NC(=O)[C@@H]1CCCN1C(=O)[C@H](CCC(=O)O)NC(=O)[C@H](Cc1ccc(O[P+](O)(O)O)cc1)NC(=O)[C@@H]1CCCN1C(=O)[C@H](CC(N)=O)NC(=O)[C@H](Cc1ccccc1)NC(=O)[C@@H](N)CO)C(=O)O. The Morgan fingerprint density at radius 1 is 0.598 bits per heavy atom. The Balaban J connectivity index is 1.64. The fraction of sp³-hybridized carbons (Fsp3) is 0.529. The minimum Gasteiger partial charge on any atom is -0.481 e. The highest BCUT2D eigenvalue weighted by atomic mass is 31.2. The van der Waals surface area contributed by atoms with Crippen molar-refractivity contribution in [3.05, 3.63) is 65.7 Å². The van der Waals surface area contributed by atoms with Crippen molar-refractivity contribution in [3.63, 3.8) is 0 Å². The summed E-state index contributed by atoms with van der Waals surface area (Å²) in [6.07, 6.45) is -3.48. The summed E-state index contributed by atoms with van der Waals surface area (Å²) in [7, 11) is -4.78. The monoisotopic (exact) mass is 1180 g/mol. The summed E-state index contributed by atoms with van der Waals surface area (Å²) in [4.78, 5) is 190. The molecule has 2 fully saturated rings. The Labute approximate surface area is 470 Å². The van der Waals surface area contributed by atoms with Crippen molar-refractivity contribution in [1.29, 1.82) is 0 Å². The Morgan fingerprint density at radius 2 is 1.04 bits per heavy atom. The van der Waals surface area contributed by atoms with Crippen LogP contribution in [0.2, 0.25) is 0 Å². The van der Waals surface area contributed by atoms with Crippen molar-refractivity contribution in [2.24, 2.45) is 17.4 Å². The van der Waals surface area contributed by atoms with Gasteiger partial charge in [0.2, 0.25) is 53.2 Å². The van der Waals surface area contributed by atoms with Crippen LogP contribution in [0.15, 0.2) is 54.6 Å². The van der Waals surface area contributed by atoms with E-state index >= 15 is 0 Å². The van der Waals surface area contributed by atoms with Gasteiger partial charge in [-0.3, -0.25) is 57.3 Å². The third-order valence-corrected chi connectivity index (χ3v) is 13.7. The molecule has 0 bridgehead atoms. The average Bonchev–Trinajstić information content (AvgIpc) is 4.26. The molecule has 2 aromatic rings. The van der Waals surface area contributed by atoms with Crippen LogP contribution in [0.3, 0.4) is 0 Å². The number of hydrogen-bond donors (Lipinski definition) is 15. The van der Waals surface area contributed by atoms with Gasteiger partial charge in [-0.2, -0.15) is 14.7 Å². The van der Waals surface area contributed by atoms with E-state index in [2.05, 4.69) is 31.9 Å². The number of benzene rings is 2. The minimum absolute atomic E-state index is 0.00793. The van der Waals surface area contributed by atoms with Gasteiger partial charge < -0.3 is 73.6 Å². The quantitative estimate of drug-likeness (QED) is 0.0315. The Bertz CT molecular complexity index is 2630. The van der Waals surface area contributed by atoms with E-state index in [1.165, 1.54) is 24.3 Å². The average molecular weight is 1180 g/mol. The molecule has 2 aromatic carbocycles. The van der Waals surface area contributed by atoms with Gasteiger partial charge in [0.05, 0.1) is 13.0 Å². The first-order valence-corrected chi connectivity index (χ1v) is 27.8. The summed E-state index contributed by atoms with van der Waals surface area (Å²) < 4.78 is 4.72. The second-order valence-corrected chi connectivity index (χ2v) is 21.4. The molecule has 0 aliphatic carbocycles. The lowest BCUT2D eigenvalue weighted by atomic mass is 10.0. The molecule has 0 radical (unpaired) electrons. The van der Waals surface area contributed by atoms with Gasteiger partial charge in [-0.1, -0.05) is 56.3 Å². The Hall–Kier alpha value is -7.89. The number of rotatable bonds is 32. The lowest BCUT2D eigenvalue weighted by Crippen LogP contribution is -2.60. The highest BCUT2D eigenvalue weighted by molar-refractivity contribution is 7.53. The molecule has 2 heterocycles. The van der Waals surface area contributed by atoms with Crippen molar-refractivity contribution in [2.75, 3.05) is 19.7 Å². The molecule has 2 aliphatic rings. The maximum atomic E-state index is 14.6. The molecule has 450 valence electrons. The van der Waals surface area contributed by atoms with Crippen molar-refractivity contribution in [3.8, 4) is 5.75 Å². The summed E-state index contributed by atoms with van der Waals surface area (Å²) in [5.74, 6) is -13.5. The standard InChI is InChI=1S/C51H71N10O20P/c1-27(2)22-37(51(76)77)59-44(69)32(16-18-41(64)65)54-47(72)38-10-6-20-60(38)49(74)33(17-19-42(66)67)55-45(70)35(24-29-12-14-30(15-13-29)81-82(78,79)80)57-48(73)39-11-7-21-61(39)50(75)36(25-40(53)63)58-46(71)34(56-43(68)31(52)26-62)23-28-8-4-3-5-9-28/h3-5,8-9,12-15,27,31-39,62,78-80H,6-7,10-11,16-26,52H2,1-2H3,(H10-,53,54,55,56,57,58,59,63,64,65,66,67,68,69,70,71,72,73,76,77)/p+1/t31-,32-,33-,34-,35-,36-,37-,38-,39-/m0/s1. The van der Waals surface area contributed by atoms with Crippen LogP contribution in [-0.4, -0.2) is 190 Å². The normalized spacial score (nSPS) is 17.6. The third-order valence-electron chi connectivity index (χ3n) is 13.2. The highest BCUT2D eigenvalue weighted by Gasteiger charge is 2.43. The molecule has 82 heavy (non-hydrogen) atoms. The molecule has 17 N–H and O–H groups in total. The highest BCUT2D eigenvalue weighted by Crippen LogP contribution is 2.46. The molecule has 9 amide bonds. The van der Waals surface area contributed by atoms with E-state index < -0.39 is 179 Å². The summed E-state index contributed by atoms with van der Waals surface area (Å²) in [5.41, 5.74) is 12.0. The number of aliphatic carboxylic acids is 3. The number of nitrogens with one attached hydrogen (secondary N) is 6. The van der Waals surface area contributed by atoms with Gasteiger partial charge in [0.15, 0.2) is 5.75 Å². The number of aliphatic hydroxyl groups is 1. The largest absolute Gasteiger partial charge is 0.613 e. The van der Waals surface area contributed by atoms with Gasteiger partial charge in [0, 0.05) is 38.8 Å². The predicted molar refractivity (Wildman–Crippen MR) is 285 cm³/mol. The summed E-state index contributed by atoms with van der Waals surface area (Å²) >= 11 is 0. The van der Waals surface area contributed by atoms with Crippen molar-refractivity contribution in [2.45, 2.75) is 145 Å². The van der Waals surface area contributed by atoms with Crippen LogP contribution in [0.4, 0.5) is 0 Å². The Morgan fingerprint density at radius 3 is 1.51 bits per heavy atom. The molecular weight excluding hydrogens is 1100 g/mol. The third kappa shape index (κ3) is 21.2. The first-order chi connectivity index (χ1) is 38.6. The molecule has 0 saturated carbocycles. The number of carbonyl (C=O) groups excluding carboxylic acids is 9. The number of carboxylic acid groups (broad SMARTS) is 3. The zero-order valence-corrected chi connectivity index (χ0v) is 45.9. The molecular formula is C51H72N10O20P+. The number of likely N-dealkylation sites (tertiary alicyclic amines) is 2. The zero-order chi connectivity index (χ0) is 61.0. The van der Waals surface area contributed by atoms with Crippen LogP contribution in [0.5, 0.6) is 5.75 Å². The van der Waals surface area contributed by atoms with E-state index in [9.17, 15) is 92.6 Å². The number of aliphatic hydroxyl groups excluding tert-OH is 1. The number of hydrogen-bond acceptors (Lipinski definition) is 18. The fourth-order valence-electron chi connectivity index (χ4n) is 9.21. The molecule has 4 rings (SSSR count). The van der Waals surface area contributed by atoms with Crippen LogP contribution in [0, 0.1) is 5.92 Å². The number of carboxylic acids is 3. The fourth-order valence-corrected chi connectivity index (χ4v) is 9.61. The second-order valence-electron chi connectivity index (χ2n) is 20.2. The van der Waals surface area contributed by atoms with Gasteiger partial charge in [-0.05, 0) is 74.1 Å². The molecule has 0 spiro atoms. The number of amides is 9. The van der Waals surface area contributed by atoms with Gasteiger partial charge in [-0.25, -0.2) is 4.79 Å². The minimum atomic E-state index is -4.78. The first-order valence-electron chi connectivity index (χ1n) is 26.2. The molecule has 2 aliphatic heterocycles. The summed E-state index contributed by atoms with van der Waals surface area (Å²) in [6.45, 7) is 2.38. The van der Waals surface area contributed by atoms with Crippen LogP contribution < -0.4 is 47.9 Å². The van der Waals surface area contributed by atoms with E-state index in [4.69, 9.17) is 16.0 Å². The second kappa shape index (κ2) is 31.4. The molecule has 0 unspecified atom stereocenters. The van der Waals surface area contributed by atoms with Crippen LogP contribution >= 0.6 is 8.17 Å². The van der Waals surface area contributed by atoms with Crippen molar-refractivity contribution < 1.29 is 97.2 Å². The first kappa shape index (κ1) is 66.6. The molecule has 2 saturated heterocycles. The molecule has 31 heteroatoms. The van der Waals surface area contributed by atoms with E-state index in [0.29, 0.717) is 5.56 Å². The smallest absolute Gasteiger partial charge is 0.481 e. The Kier molecular flexibility index (Phi) is 25.5. The van der Waals surface area contributed by atoms with Gasteiger partial charge >= 0.3 is 26.1 Å². The van der Waals surface area contributed by atoms with Gasteiger partial charge in [-0.15, -0.1) is 0 Å². The summed E-state index contributed by atoms with van der Waals surface area (Å²) in [6, 6.07) is -0.447. The number of carbonyl (C=O) groups is 12. The lowest BCUT2D eigenvalue weighted by molar-refractivity contribution is -0.145. The maximum Gasteiger partial charge on any atom is 0.613 e. The van der Waals surface area contributed by atoms with Crippen LogP contribution in [-0.2, 0) is 70.4 Å². The number of nitrogens with zero attached hydrogens (tertiary/aromatic N) is 2. The molecule has 30 nitrogen and oxygen atoms in total. The molecule has 0 aromatic heterocycles. The molecule has 9 atom stereocenters. The maximum absolute atomic E-state index is 14.6. The van der Waals surface area contributed by atoms with E-state index in [1.807, 2.05) is 0 Å². The van der Waals surface area contributed by atoms with E-state index in [0.717, 1.165) is 9.80 Å².